The predicted molar refractivity (Wildman–Crippen MR) is 69.6 cm³/mol. The molecule has 0 fully saturated rings. The molecule has 2 aromatic heterocycles. The summed E-state index contributed by atoms with van der Waals surface area (Å²) in [5.74, 6) is -0.482. The quantitative estimate of drug-likeness (QED) is 0.893. The van der Waals surface area contributed by atoms with Gasteiger partial charge in [0.2, 0.25) is 5.82 Å². The average Bonchev–Trinajstić information content (AvgIpc) is 2.84. The molecule has 8 nitrogen and oxygen atoms in total. The van der Waals surface area contributed by atoms with Crippen molar-refractivity contribution in [2.75, 3.05) is 0 Å². The van der Waals surface area contributed by atoms with E-state index in [1.54, 1.807) is 12.4 Å². The van der Waals surface area contributed by atoms with Crippen molar-refractivity contribution >= 4 is 5.97 Å². The van der Waals surface area contributed by atoms with Crippen LogP contribution in [0.25, 0.3) is 11.5 Å². The fraction of sp³-hybridized carbons (Fsp3) is 0.500. The topological polar surface area (TPSA) is 107 Å². The molecular formula is C12H16N6O2. The Morgan fingerprint density at radius 1 is 1.40 bits per heavy atom. The lowest BCUT2D eigenvalue weighted by atomic mass is 9.85. The zero-order valence-corrected chi connectivity index (χ0v) is 11.6. The summed E-state index contributed by atoms with van der Waals surface area (Å²) in [6.45, 7) is 5.84. The molecule has 0 aliphatic rings. The van der Waals surface area contributed by atoms with E-state index in [4.69, 9.17) is 5.11 Å². The highest BCUT2D eigenvalue weighted by atomic mass is 16.4. The molecular weight excluding hydrogens is 260 g/mol. The van der Waals surface area contributed by atoms with Crippen LogP contribution in [-0.4, -0.2) is 41.3 Å². The molecule has 0 bridgehead atoms. The highest BCUT2D eigenvalue weighted by molar-refractivity contribution is 5.67. The van der Waals surface area contributed by atoms with Crippen LogP contribution in [0.2, 0.25) is 0 Å². The number of carboxylic acid groups (broad SMARTS) is 1. The molecule has 0 spiro atoms. The van der Waals surface area contributed by atoms with Gasteiger partial charge in [-0.1, -0.05) is 20.8 Å². The number of rotatable bonds is 4. The minimum atomic E-state index is -0.898. The van der Waals surface area contributed by atoms with Crippen LogP contribution < -0.4 is 0 Å². The molecule has 1 unspecified atom stereocenters. The zero-order chi connectivity index (χ0) is 14.8. The van der Waals surface area contributed by atoms with E-state index in [9.17, 15) is 4.79 Å². The zero-order valence-electron chi connectivity index (χ0n) is 11.6. The van der Waals surface area contributed by atoms with Gasteiger partial charge in [0.05, 0.1) is 18.7 Å². The van der Waals surface area contributed by atoms with Crippen LogP contribution in [0.4, 0.5) is 0 Å². The van der Waals surface area contributed by atoms with Gasteiger partial charge in [-0.3, -0.25) is 9.78 Å². The lowest BCUT2D eigenvalue weighted by molar-refractivity contribution is -0.138. The van der Waals surface area contributed by atoms with E-state index in [1.165, 1.54) is 10.9 Å². The van der Waals surface area contributed by atoms with Gasteiger partial charge in [0.25, 0.3) is 0 Å². The van der Waals surface area contributed by atoms with Crippen molar-refractivity contribution in [2.45, 2.75) is 33.2 Å². The van der Waals surface area contributed by atoms with Crippen molar-refractivity contribution in [1.82, 2.24) is 30.2 Å². The van der Waals surface area contributed by atoms with E-state index in [0.717, 1.165) is 0 Å². The molecule has 2 aromatic rings. The molecule has 0 amide bonds. The Balaban J connectivity index is 2.46. The molecule has 20 heavy (non-hydrogen) atoms. The lowest BCUT2D eigenvalue weighted by Crippen LogP contribution is -2.28. The molecule has 0 saturated carbocycles. The molecule has 0 aliphatic heterocycles. The molecule has 8 heteroatoms. The van der Waals surface area contributed by atoms with Gasteiger partial charge in [0.15, 0.2) is 0 Å². The minimum absolute atomic E-state index is 0.0677. The number of aliphatic carboxylic acids is 1. The largest absolute Gasteiger partial charge is 0.481 e. The Labute approximate surface area is 115 Å². The molecule has 1 atom stereocenters. The number of hydrogen-bond donors (Lipinski definition) is 1. The summed E-state index contributed by atoms with van der Waals surface area (Å²) in [6, 6.07) is -0.382. The van der Waals surface area contributed by atoms with E-state index in [-0.39, 0.29) is 17.9 Å². The summed E-state index contributed by atoms with van der Waals surface area (Å²) in [5, 5.41) is 20.6. The molecule has 0 aromatic carbocycles. The third-order valence-electron chi connectivity index (χ3n) is 2.95. The van der Waals surface area contributed by atoms with Crippen LogP contribution in [-0.2, 0) is 4.79 Å². The maximum absolute atomic E-state index is 11.1. The van der Waals surface area contributed by atoms with Gasteiger partial charge in [-0.25, -0.2) is 9.67 Å². The van der Waals surface area contributed by atoms with Crippen LogP contribution >= 0.6 is 0 Å². The van der Waals surface area contributed by atoms with E-state index < -0.39 is 5.97 Å². The summed E-state index contributed by atoms with van der Waals surface area (Å²) in [7, 11) is 0. The summed E-state index contributed by atoms with van der Waals surface area (Å²) in [6.07, 6.45) is 4.57. The highest BCUT2D eigenvalue weighted by Crippen LogP contribution is 2.34. The third-order valence-corrected chi connectivity index (χ3v) is 2.95. The Bertz CT molecular complexity index is 589. The van der Waals surface area contributed by atoms with Crippen LogP contribution in [0, 0.1) is 5.41 Å². The SMILES string of the molecule is CC(C)(C)C(CC(=O)O)n1nnnc1-c1cnccn1. The van der Waals surface area contributed by atoms with Gasteiger partial charge >= 0.3 is 5.97 Å². The molecule has 2 heterocycles. The number of aromatic nitrogens is 6. The molecule has 2 rings (SSSR count). The normalized spacial score (nSPS) is 13.2. The van der Waals surface area contributed by atoms with Gasteiger partial charge in [0.1, 0.15) is 5.69 Å². The summed E-state index contributed by atoms with van der Waals surface area (Å²) in [4.78, 5) is 19.2. The number of carboxylic acids is 1. The smallest absolute Gasteiger partial charge is 0.305 e. The Morgan fingerprint density at radius 2 is 2.15 bits per heavy atom. The van der Waals surface area contributed by atoms with Crippen molar-refractivity contribution in [1.29, 1.82) is 0 Å². The fourth-order valence-electron chi connectivity index (χ4n) is 1.91. The third kappa shape index (κ3) is 2.95. The Kier molecular flexibility index (Phi) is 3.73. The van der Waals surface area contributed by atoms with Crippen molar-refractivity contribution in [3.63, 3.8) is 0 Å². The highest BCUT2D eigenvalue weighted by Gasteiger charge is 2.32. The fourth-order valence-corrected chi connectivity index (χ4v) is 1.91. The van der Waals surface area contributed by atoms with Gasteiger partial charge < -0.3 is 5.11 Å². The van der Waals surface area contributed by atoms with Crippen LogP contribution in [0.1, 0.15) is 33.2 Å². The summed E-state index contributed by atoms with van der Waals surface area (Å²) >= 11 is 0. The van der Waals surface area contributed by atoms with E-state index in [2.05, 4.69) is 25.5 Å². The molecule has 0 radical (unpaired) electrons. The maximum Gasteiger partial charge on any atom is 0.305 e. The van der Waals surface area contributed by atoms with Gasteiger partial charge in [-0.05, 0) is 15.8 Å². The molecule has 0 saturated heterocycles. The van der Waals surface area contributed by atoms with Crippen molar-refractivity contribution in [3.05, 3.63) is 18.6 Å². The first kappa shape index (κ1) is 14.0. The van der Waals surface area contributed by atoms with Crippen molar-refractivity contribution in [2.24, 2.45) is 5.41 Å². The number of tetrazole rings is 1. The monoisotopic (exact) mass is 276 g/mol. The van der Waals surface area contributed by atoms with Crippen molar-refractivity contribution in [3.8, 4) is 11.5 Å². The second-order valence-electron chi connectivity index (χ2n) is 5.52. The first-order chi connectivity index (χ1) is 9.39. The van der Waals surface area contributed by atoms with Gasteiger partial charge in [0, 0.05) is 12.4 Å². The van der Waals surface area contributed by atoms with Gasteiger partial charge in [-0.15, -0.1) is 5.10 Å². The summed E-state index contributed by atoms with van der Waals surface area (Å²) in [5.41, 5.74) is 0.196. The van der Waals surface area contributed by atoms with Crippen LogP contribution in [0.3, 0.4) is 0 Å². The first-order valence-corrected chi connectivity index (χ1v) is 6.15. The Hall–Kier alpha value is -2.38. The Morgan fingerprint density at radius 3 is 2.70 bits per heavy atom. The van der Waals surface area contributed by atoms with E-state index in [1.807, 2.05) is 20.8 Å². The number of nitrogens with zero attached hydrogens (tertiary/aromatic N) is 6. The van der Waals surface area contributed by atoms with Crippen LogP contribution in [0.15, 0.2) is 18.6 Å². The van der Waals surface area contributed by atoms with Crippen molar-refractivity contribution < 1.29 is 9.90 Å². The first-order valence-electron chi connectivity index (χ1n) is 6.15. The lowest BCUT2D eigenvalue weighted by Gasteiger charge is -2.29. The summed E-state index contributed by atoms with van der Waals surface area (Å²) < 4.78 is 1.51. The maximum atomic E-state index is 11.1. The predicted octanol–water partition coefficient (Wildman–Crippen LogP) is 1.19. The molecule has 106 valence electrons. The van der Waals surface area contributed by atoms with Crippen LogP contribution in [0.5, 0.6) is 0 Å². The number of carbonyl (C=O) groups is 1. The molecule has 0 aliphatic carbocycles. The molecule has 1 N–H and O–H groups in total. The van der Waals surface area contributed by atoms with E-state index in [0.29, 0.717) is 11.5 Å². The number of hydrogen-bond acceptors (Lipinski definition) is 6. The minimum Gasteiger partial charge on any atom is -0.481 e. The van der Waals surface area contributed by atoms with E-state index >= 15 is 0 Å². The average molecular weight is 276 g/mol. The second-order valence-corrected chi connectivity index (χ2v) is 5.52. The standard InChI is InChI=1S/C12H16N6O2/c1-12(2,3)9(6-10(19)20)18-11(15-16-17-18)8-7-13-4-5-14-8/h4-5,7,9H,6H2,1-3H3,(H,19,20). The van der Waals surface area contributed by atoms with Gasteiger partial charge in [-0.2, -0.15) is 0 Å². The second kappa shape index (κ2) is 5.32.